The van der Waals surface area contributed by atoms with E-state index in [1.165, 1.54) is 0 Å². The molecule has 0 radical (unpaired) electrons. The third-order valence-corrected chi connectivity index (χ3v) is 3.92. The molecule has 3 aromatic rings. The predicted octanol–water partition coefficient (Wildman–Crippen LogP) is 4.37. The molecule has 0 N–H and O–H groups in total. The summed E-state index contributed by atoms with van der Waals surface area (Å²) >= 11 is 0. The van der Waals surface area contributed by atoms with Crippen molar-refractivity contribution in [1.29, 1.82) is 0 Å². The molecule has 0 bridgehead atoms. The van der Waals surface area contributed by atoms with Crippen LogP contribution in [0.3, 0.4) is 0 Å². The van der Waals surface area contributed by atoms with Crippen molar-refractivity contribution in [2.45, 2.75) is 6.42 Å². The first-order valence-electron chi connectivity index (χ1n) is 8.65. The van der Waals surface area contributed by atoms with Gasteiger partial charge in [-0.2, -0.15) is 0 Å². The van der Waals surface area contributed by atoms with Crippen molar-refractivity contribution < 1.29 is 14.2 Å². The fourth-order valence-electron chi connectivity index (χ4n) is 2.61. The zero-order valence-electron chi connectivity index (χ0n) is 15.4. The molecule has 2 aromatic carbocycles. The van der Waals surface area contributed by atoms with Crippen molar-refractivity contribution in [3.8, 4) is 23.1 Å². The van der Waals surface area contributed by atoms with Crippen molar-refractivity contribution >= 4 is 10.9 Å². The summed E-state index contributed by atoms with van der Waals surface area (Å²) in [4.78, 5) is 6.73. The molecular weight excluding hydrogens is 328 g/mol. The first-order chi connectivity index (χ1) is 12.7. The number of hydrogen-bond donors (Lipinski definition) is 0. The minimum Gasteiger partial charge on any atom is -0.493 e. The van der Waals surface area contributed by atoms with E-state index in [4.69, 9.17) is 14.2 Å². The zero-order valence-corrected chi connectivity index (χ0v) is 15.4. The number of fused-ring (bicyclic) bond motifs is 1. The second-order valence-electron chi connectivity index (χ2n) is 6.27. The first kappa shape index (κ1) is 18.0. The Kier molecular flexibility index (Phi) is 5.92. The molecule has 0 saturated heterocycles. The Balaban J connectivity index is 1.80. The van der Waals surface area contributed by atoms with Crippen molar-refractivity contribution in [2.24, 2.45) is 0 Å². The maximum atomic E-state index is 5.91. The number of rotatable bonds is 8. The summed E-state index contributed by atoms with van der Waals surface area (Å²) in [6, 6.07) is 17.3. The molecule has 5 heteroatoms. The van der Waals surface area contributed by atoms with E-state index in [9.17, 15) is 0 Å². The van der Waals surface area contributed by atoms with E-state index in [-0.39, 0.29) is 0 Å². The van der Waals surface area contributed by atoms with Crippen LogP contribution in [0.5, 0.6) is 23.1 Å². The SMILES string of the molecule is COc1cc2ccc(Oc3ccccc3)nc2cc1OCCCN(C)C. The second-order valence-corrected chi connectivity index (χ2v) is 6.27. The molecule has 0 saturated carbocycles. The number of para-hydroxylation sites is 1. The quantitative estimate of drug-likeness (QED) is 0.563. The van der Waals surface area contributed by atoms with Gasteiger partial charge in [-0.1, -0.05) is 18.2 Å². The summed E-state index contributed by atoms with van der Waals surface area (Å²) in [5.74, 6) is 2.71. The molecule has 26 heavy (non-hydrogen) atoms. The van der Waals surface area contributed by atoms with Gasteiger partial charge in [-0.05, 0) is 44.8 Å². The molecule has 0 fully saturated rings. The summed E-state index contributed by atoms with van der Waals surface area (Å²) in [6.45, 7) is 1.60. The van der Waals surface area contributed by atoms with Gasteiger partial charge < -0.3 is 19.1 Å². The lowest BCUT2D eigenvalue weighted by Gasteiger charge is -2.14. The van der Waals surface area contributed by atoms with Crippen LogP contribution in [-0.2, 0) is 0 Å². The largest absolute Gasteiger partial charge is 0.493 e. The molecule has 5 nitrogen and oxygen atoms in total. The van der Waals surface area contributed by atoms with Crippen LogP contribution >= 0.6 is 0 Å². The van der Waals surface area contributed by atoms with Crippen LogP contribution in [0.15, 0.2) is 54.6 Å². The summed E-state index contributed by atoms with van der Waals surface area (Å²) < 4.78 is 17.2. The van der Waals surface area contributed by atoms with Gasteiger partial charge in [-0.15, -0.1) is 0 Å². The first-order valence-corrected chi connectivity index (χ1v) is 8.65. The van der Waals surface area contributed by atoms with Gasteiger partial charge >= 0.3 is 0 Å². The molecule has 0 amide bonds. The van der Waals surface area contributed by atoms with Gasteiger partial charge in [0, 0.05) is 24.1 Å². The standard InChI is InChI=1S/C21H24N2O3/c1-23(2)12-7-13-25-20-15-18-16(14-19(20)24-3)10-11-21(22-18)26-17-8-5-4-6-9-17/h4-6,8-11,14-15H,7,12-13H2,1-3H3. The van der Waals surface area contributed by atoms with Crippen molar-refractivity contribution in [2.75, 3.05) is 34.4 Å². The van der Waals surface area contributed by atoms with Crippen LogP contribution in [0.1, 0.15) is 6.42 Å². The number of pyridine rings is 1. The van der Waals surface area contributed by atoms with Crippen LogP contribution in [-0.4, -0.2) is 44.2 Å². The number of benzene rings is 2. The summed E-state index contributed by atoms with van der Waals surface area (Å²) in [5.41, 5.74) is 0.807. The van der Waals surface area contributed by atoms with Crippen LogP contribution in [0.2, 0.25) is 0 Å². The Labute approximate surface area is 154 Å². The fourth-order valence-corrected chi connectivity index (χ4v) is 2.61. The molecular formula is C21H24N2O3. The molecule has 1 aromatic heterocycles. The van der Waals surface area contributed by atoms with Gasteiger partial charge in [0.2, 0.25) is 5.88 Å². The molecule has 0 aliphatic heterocycles. The van der Waals surface area contributed by atoms with Gasteiger partial charge in [0.15, 0.2) is 11.5 Å². The Bertz CT molecular complexity index is 851. The van der Waals surface area contributed by atoms with E-state index in [0.717, 1.165) is 29.6 Å². The molecule has 0 spiro atoms. The van der Waals surface area contributed by atoms with Crippen molar-refractivity contribution in [1.82, 2.24) is 9.88 Å². The van der Waals surface area contributed by atoms with Crippen LogP contribution in [0, 0.1) is 0 Å². The average Bonchev–Trinajstić information content (AvgIpc) is 2.65. The Morgan fingerprint density at radius 2 is 1.77 bits per heavy atom. The predicted molar refractivity (Wildman–Crippen MR) is 103 cm³/mol. The summed E-state index contributed by atoms with van der Waals surface area (Å²) in [6.07, 6.45) is 0.943. The molecule has 136 valence electrons. The molecule has 0 aliphatic rings. The average molecular weight is 352 g/mol. The highest BCUT2D eigenvalue weighted by Crippen LogP contribution is 2.33. The Morgan fingerprint density at radius 1 is 0.962 bits per heavy atom. The highest BCUT2D eigenvalue weighted by molar-refractivity contribution is 5.83. The zero-order chi connectivity index (χ0) is 18.4. The Hall–Kier alpha value is -2.79. The van der Waals surface area contributed by atoms with E-state index in [1.807, 2.05) is 54.6 Å². The highest BCUT2D eigenvalue weighted by Gasteiger charge is 2.09. The second kappa shape index (κ2) is 8.54. The van der Waals surface area contributed by atoms with Gasteiger partial charge in [0.1, 0.15) is 5.75 Å². The van der Waals surface area contributed by atoms with Gasteiger partial charge in [0.25, 0.3) is 0 Å². The van der Waals surface area contributed by atoms with E-state index in [1.54, 1.807) is 7.11 Å². The Morgan fingerprint density at radius 3 is 2.50 bits per heavy atom. The van der Waals surface area contributed by atoms with Gasteiger partial charge in [-0.25, -0.2) is 4.98 Å². The van der Waals surface area contributed by atoms with Crippen LogP contribution < -0.4 is 14.2 Å². The number of hydrogen-bond acceptors (Lipinski definition) is 5. The number of methoxy groups -OCH3 is 1. The smallest absolute Gasteiger partial charge is 0.219 e. The normalized spacial score (nSPS) is 10.9. The van der Waals surface area contributed by atoms with Crippen LogP contribution in [0.4, 0.5) is 0 Å². The lowest BCUT2D eigenvalue weighted by atomic mass is 10.2. The summed E-state index contributed by atoms with van der Waals surface area (Å²) in [5, 5.41) is 0.975. The molecule has 1 heterocycles. The molecule has 0 unspecified atom stereocenters. The number of nitrogens with zero attached hydrogens (tertiary/aromatic N) is 2. The van der Waals surface area contributed by atoms with Crippen molar-refractivity contribution in [3.05, 3.63) is 54.6 Å². The summed E-state index contributed by atoms with van der Waals surface area (Å²) in [7, 11) is 5.75. The third-order valence-electron chi connectivity index (χ3n) is 3.92. The number of aromatic nitrogens is 1. The van der Waals surface area contributed by atoms with Gasteiger partial charge in [0.05, 0.1) is 19.2 Å². The monoisotopic (exact) mass is 352 g/mol. The number of ether oxygens (including phenoxy) is 3. The van der Waals surface area contributed by atoms with E-state index < -0.39 is 0 Å². The van der Waals surface area contributed by atoms with E-state index in [0.29, 0.717) is 24.0 Å². The lowest BCUT2D eigenvalue weighted by Crippen LogP contribution is -2.15. The third kappa shape index (κ3) is 4.64. The minimum atomic E-state index is 0.549. The highest BCUT2D eigenvalue weighted by atomic mass is 16.5. The lowest BCUT2D eigenvalue weighted by molar-refractivity contribution is 0.268. The molecule has 3 rings (SSSR count). The van der Waals surface area contributed by atoms with Gasteiger partial charge in [-0.3, -0.25) is 0 Å². The van der Waals surface area contributed by atoms with Crippen molar-refractivity contribution in [3.63, 3.8) is 0 Å². The molecule has 0 aliphatic carbocycles. The maximum absolute atomic E-state index is 5.91. The van der Waals surface area contributed by atoms with E-state index >= 15 is 0 Å². The minimum absolute atomic E-state index is 0.549. The van der Waals surface area contributed by atoms with Crippen LogP contribution in [0.25, 0.3) is 10.9 Å². The molecule has 0 atom stereocenters. The fraction of sp³-hybridized carbons (Fsp3) is 0.286. The topological polar surface area (TPSA) is 43.8 Å². The van der Waals surface area contributed by atoms with E-state index in [2.05, 4.69) is 24.0 Å². The maximum Gasteiger partial charge on any atom is 0.219 e.